The van der Waals surface area contributed by atoms with Crippen LogP contribution >= 0.6 is 0 Å². The van der Waals surface area contributed by atoms with Gasteiger partial charge in [-0.1, -0.05) is 62.4 Å². The Labute approximate surface area is 179 Å². The maximum atomic E-state index is 12.6. The summed E-state index contributed by atoms with van der Waals surface area (Å²) in [6, 6.07) is 19.5. The van der Waals surface area contributed by atoms with E-state index in [1.54, 1.807) is 0 Å². The predicted molar refractivity (Wildman–Crippen MR) is 120 cm³/mol. The van der Waals surface area contributed by atoms with Gasteiger partial charge in [-0.3, -0.25) is 9.69 Å². The standard InChI is InChI=1S/C24H32N4O2/c1-18(2)23(19-9-5-3-6-10-19)27-24(30)26-21-13-15-28(16-14-21)17-22(29)25-20-11-7-4-8-12-20/h3-12,18,21,23H,13-17H2,1-2H3,(H,25,29)(H2,26,27,30). The minimum atomic E-state index is -0.127. The molecule has 160 valence electrons. The number of urea groups is 1. The van der Waals surface area contributed by atoms with E-state index in [1.165, 1.54) is 0 Å². The van der Waals surface area contributed by atoms with E-state index in [0.717, 1.165) is 37.2 Å². The van der Waals surface area contributed by atoms with Crippen LogP contribution in [0, 0.1) is 5.92 Å². The number of para-hydroxylation sites is 1. The quantitative estimate of drug-likeness (QED) is 0.653. The molecule has 1 saturated heterocycles. The molecule has 0 bridgehead atoms. The molecule has 3 rings (SSSR count). The molecule has 1 aliphatic heterocycles. The number of hydrogen-bond donors (Lipinski definition) is 3. The largest absolute Gasteiger partial charge is 0.335 e. The van der Waals surface area contributed by atoms with Gasteiger partial charge in [-0.15, -0.1) is 0 Å². The second-order valence-corrected chi connectivity index (χ2v) is 8.21. The number of anilines is 1. The van der Waals surface area contributed by atoms with Crippen molar-refractivity contribution in [2.24, 2.45) is 5.92 Å². The normalized spacial score (nSPS) is 16.1. The Balaban J connectivity index is 1.41. The third-order valence-electron chi connectivity index (χ3n) is 5.46. The second kappa shape index (κ2) is 10.8. The van der Waals surface area contributed by atoms with E-state index in [4.69, 9.17) is 0 Å². The molecule has 0 radical (unpaired) electrons. The lowest BCUT2D eigenvalue weighted by molar-refractivity contribution is -0.117. The van der Waals surface area contributed by atoms with Gasteiger partial charge in [0.1, 0.15) is 0 Å². The molecule has 2 aromatic rings. The van der Waals surface area contributed by atoms with Gasteiger partial charge < -0.3 is 16.0 Å². The van der Waals surface area contributed by atoms with Crippen molar-refractivity contribution in [3.05, 3.63) is 66.2 Å². The zero-order valence-corrected chi connectivity index (χ0v) is 17.8. The van der Waals surface area contributed by atoms with Gasteiger partial charge in [-0.2, -0.15) is 0 Å². The van der Waals surface area contributed by atoms with Crippen LogP contribution in [0.25, 0.3) is 0 Å². The van der Waals surface area contributed by atoms with Crippen LogP contribution in [-0.2, 0) is 4.79 Å². The Kier molecular flexibility index (Phi) is 7.85. The summed E-state index contributed by atoms with van der Waals surface area (Å²) in [7, 11) is 0. The highest BCUT2D eigenvalue weighted by atomic mass is 16.2. The second-order valence-electron chi connectivity index (χ2n) is 8.21. The van der Waals surface area contributed by atoms with Crippen molar-refractivity contribution < 1.29 is 9.59 Å². The van der Waals surface area contributed by atoms with E-state index in [0.29, 0.717) is 12.5 Å². The molecule has 6 heteroatoms. The van der Waals surface area contributed by atoms with Gasteiger partial charge in [-0.05, 0) is 36.5 Å². The monoisotopic (exact) mass is 408 g/mol. The smallest absolute Gasteiger partial charge is 0.315 e. The fraction of sp³-hybridized carbons (Fsp3) is 0.417. The Morgan fingerprint density at radius 3 is 2.17 bits per heavy atom. The molecule has 1 unspecified atom stereocenters. The maximum Gasteiger partial charge on any atom is 0.315 e. The zero-order valence-electron chi connectivity index (χ0n) is 17.8. The summed E-state index contributed by atoms with van der Waals surface area (Å²) in [6.07, 6.45) is 1.67. The number of nitrogens with zero attached hydrogens (tertiary/aromatic N) is 1. The molecule has 1 fully saturated rings. The van der Waals surface area contributed by atoms with Gasteiger partial charge in [0, 0.05) is 24.8 Å². The van der Waals surface area contributed by atoms with Crippen molar-refractivity contribution >= 4 is 17.6 Å². The van der Waals surface area contributed by atoms with Crippen LogP contribution in [0.3, 0.4) is 0 Å². The van der Waals surface area contributed by atoms with Crippen LogP contribution in [0.5, 0.6) is 0 Å². The van der Waals surface area contributed by atoms with E-state index < -0.39 is 0 Å². The molecule has 0 aliphatic carbocycles. The summed E-state index contributed by atoms with van der Waals surface area (Å²) in [6.45, 7) is 6.17. The SMILES string of the molecule is CC(C)C(NC(=O)NC1CCN(CC(=O)Nc2ccccc2)CC1)c1ccccc1. The number of nitrogens with one attached hydrogen (secondary N) is 3. The van der Waals surface area contributed by atoms with Crippen molar-refractivity contribution in [3.8, 4) is 0 Å². The topological polar surface area (TPSA) is 73.5 Å². The van der Waals surface area contributed by atoms with E-state index in [1.807, 2.05) is 60.7 Å². The summed E-state index contributed by atoms with van der Waals surface area (Å²) < 4.78 is 0. The van der Waals surface area contributed by atoms with E-state index in [2.05, 4.69) is 34.7 Å². The zero-order chi connectivity index (χ0) is 21.3. The van der Waals surface area contributed by atoms with Crippen LogP contribution in [0.1, 0.15) is 38.3 Å². The highest BCUT2D eigenvalue weighted by Crippen LogP contribution is 2.21. The first-order chi connectivity index (χ1) is 14.5. The minimum Gasteiger partial charge on any atom is -0.335 e. The molecule has 1 aliphatic rings. The fourth-order valence-electron chi connectivity index (χ4n) is 3.82. The summed E-state index contributed by atoms with van der Waals surface area (Å²) in [5.41, 5.74) is 1.93. The van der Waals surface area contributed by atoms with Crippen LogP contribution in [0.2, 0.25) is 0 Å². The van der Waals surface area contributed by atoms with Gasteiger partial charge in [-0.25, -0.2) is 4.79 Å². The van der Waals surface area contributed by atoms with Gasteiger partial charge in [0.15, 0.2) is 0 Å². The Bertz CT molecular complexity index is 802. The molecule has 30 heavy (non-hydrogen) atoms. The van der Waals surface area contributed by atoms with Gasteiger partial charge in [0.2, 0.25) is 5.91 Å². The molecule has 2 aromatic carbocycles. The lowest BCUT2D eigenvalue weighted by Gasteiger charge is -2.32. The van der Waals surface area contributed by atoms with E-state index in [-0.39, 0.29) is 24.0 Å². The summed E-state index contributed by atoms with van der Waals surface area (Å²) >= 11 is 0. The fourth-order valence-corrected chi connectivity index (χ4v) is 3.82. The molecule has 0 aromatic heterocycles. The lowest BCUT2D eigenvalue weighted by atomic mass is 9.96. The van der Waals surface area contributed by atoms with Crippen molar-refractivity contribution in [2.75, 3.05) is 25.0 Å². The first-order valence-electron chi connectivity index (χ1n) is 10.7. The van der Waals surface area contributed by atoms with Gasteiger partial charge in [0.05, 0.1) is 12.6 Å². The van der Waals surface area contributed by atoms with Crippen LogP contribution < -0.4 is 16.0 Å². The van der Waals surface area contributed by atoms with Crippen molar-refractivity contribution in [1.82, 2.24) is 15.5 Å². The molecule has 3 N–H and O–H groups in total. The number of carbonyl (C=O) groups excluding carboxylic acids is 2. The van der Waals surface area contributed by atoms with E-state index >= 15 is 0 Å². The number of likely N-dealkylation sites (tertiary alicyclic amines) is 1. The summed E-state index contributed by atoms with van der Waals surface area (Å²) in [5.74, 6) is 0.288. The van der Waals surface area contributed by atoms with E-state index in [9.17, 15) is 9.59 Å². The van der Waals surface area contributed by atoms with Crippen molar-refractivity contribution in [3.63, 3.8) is 0 Å². The number of carbonyl (C=O) groups is 2. The number of benzene rings is 2. The first-order valence-corrected chi connectivity index (χ1v) is 10.7. The van der Waals surface area contributed by atoms with Crippen molar-refractivity contribution in [1.29, 1.82) is 0 Å². The predicted octanol–water partition coefficient (Wildman–Crippen LogP) is 3.79. The van der Waals surface area contributed by atoms with Crippen molar-refractivity contribution in [2.45, 2.75) is 38.8 Å². The third kappa shape index (κ3) is 6.59. The number of amides is 3. The molecular formula is C24H32N4O2. The summed E-state index contributed by atoms with van der Waals surface area (Å²) in [5, 5.41) is 9.15. The first kappa shape index (κ1) is 21.8. The molecular weight excluding hydrogens is 376 g/mol. The van der Waals surface area contributed by atoms with Crippen LogP contribution in [0.15, 0.2) is 60.7 Å². The number of rotatable bonds is 7. The average Bonchev–Trinajstić information content (AvgIpc) is 2.74. The molecule has 0 saturated carbocycles. The molecule has 0 spiro atoms. The van der Waals surface area contributed by atoms with Gasteiger partial charge >= 0.3 is 6.03 Å². The minimum absolute atomic E-state index is 0.00649. The number of hydrogen-bond acceptors (Lipinski definition) is 3. The molecule has 6 nitrogen and oxygen atoms in total. The Hall–Kier alpha value is -2.86. The maximum absolute atomic E-state index is 12.6. The Morgan fingerprint density at radius 1 is 0.967 bits per heavy atom. The molecule has 1 heterocycles. The average molecular weight is 409 g/mol. The molecule has 1 atom stereocenters. The number of piperidine rings is 1. The summed E-state index contributed by atoms with van der Waals surface area (Å²) in [4.78, 5) is 26.9. The third-order valence-corrected chi connectivity index (χ3v) is 5.46. The van der Waals surface area contributed by atoms with Crippen LogP contribution in [-0.4, -0.2) is 42.5 Å². The highest BCUT2D eigenvalue weighted by molar-refractivity contribution is 5.92. The lowest BCUT2D eigenvalue weighted by Crippen LogP contribution is -2.50. The molecule has 3 amide bonds. The van der Waals surface area contributed by atoms with Gasteiger partial charge in [0.25, 0.3) is 0 Å². The highest BCUT2D eigenvalue weighted by Gasteiger charge is 2.24. The van der Waals surface area contributed by atoms with Crippen LogP contribution in [0.4, 0.5) is 10.5 Å². The Morgan fingerprint density at radius 2 is 1.57 bits per heavy atom.